The van der Waals surface area contributed by atoms with E-state index in [0.29, 0.717) is 27.9 Å². The smallest absolute Gasteiger partial charge is 0.263 e. The van der Waals surface area contributed by atoms with Crippen LogP contribution in [0.3, 0.4) is 0 Å². The Morgan fingerprint density at radius 2 is 2.08 bits per heavy atom. The van der Waals surface area contributed by atoms with E-state index >= 15 is 0 Å². The van der Waals surface area contributed by atoms with Crippen LogP contribution in [0.15, 0.2) is 18.5 Å². The molecule has 0 aliphatic carbocycles. The number of ether oxygens (including phenoxy) is 1. The number of carbonyl (C=O) groups excluding carboxylic acids is 1. The second kappa shape index (κ2) is 8.27. The first-order chi connectivity index (χ1) is 11.7. The highest BCUT2D eigenvalue weighted by atomic mass is 32.1. The maximum atomic E-state index is 12.3. The Hall–Kier alpha value is -1.90. The molecule has 1 N–H and O–H groups in total. The zero-order valence-electron chi connectivity index (χ0n) is 13.7. The maximum Gasteiger partial charge on any atom is 0.263 e. The summed E-state index contributed by atoms with van der Waals surface area (Å²) in [5.41, 5.74) is 0.716. The van der Waals surface area contributed by atoms with E-state index < -0.39 is 0 Å². The number of aryl methyl sites for hydroxylation is 1. The predicted molar refractivity (Wildman–Crippen MR) is 92.1 cm³/mol. The molecule has 0 aromatic carbocycles. The Bertz CT molecular complexity index is 670. The summed E-state index contributed by atoms with van der Waals surface area (Å²) < 4.78 is 5.33. The Kier molecular flexibility index (Phi) is 5.84. The number of nitrogens with zero attached hydrogens (tertiary/aromatic N) is 4. The summed E-state index contributed by atoms with van der Waals surface area (Å²) in [6.45, 7) is 7.03. The molecule has 1 aliphatic rings. The number of carbonyl (C=O) groups is 1. The molecule has 2 aromatic heterocycles. The summed E-state index contributed by atoms with van der Waals surface area (Å²) >= 11 is 1.33. The molecule has 0 unspecified atom stereocenters. The summed E-state index contributed by atoms with van der Waals surface area (Å²) in [5.74, 6) is 0.478. The quantitative estimate of drug-likeness (QED) is 0.795. The van der Waals surface area contributed by atoms with E-state index in [1.165, 1.54) is 11.3 Å². The van der Waals surface area contributed by atoms with Gasteiger partial charge in [0.25, 0.3) is 5.91 Å². The zero-order valence-corrected chi connectivity index (χ0v) is 14.5. The van der Waals surface area contributed by atoms with Crippen molar-refractivity contribution in [3.8, 4) is 10.8 Å². The van der Waals surface area contributed by atoms with Gasteiger partial charge in [-0.25, -0.2) is 15.0 Å². The van der Waals surface area contributed by atoms with Gasteiger partial charge in [0, 0.05) is 32.0 Å². The molecule has 0 saturated carbocycles. The van der Waals surface area contributed by atoms with Gasteiger partial charge in [0.15, 0.2) is 10.8 Å². The average Bonchev–Trinajstić information content (AvgIpc) is 3.02. The van der Waals surface area contributed by atoms with Gasteiger partial charge in [0.05, 0.1) is 18.9 Å². The third-order valence-electron chi connectivity index (χ3n) is 3.80. The SMILES string of the molecule is Cc1nc(-c2ncccn2)sc1C(=O)NCCCN1CCOCC1. The molecule has 0 bridgehead atoms. The molecule has 24 heavy (non-hydrogen) atoms. The van der Waals surface area contributed by atoms with Crippen molar-refractivity contribution < 1.29 is 9.53 Å². The minimum absolute atomic E-state index is 0.0749. The molecule has 3 heterocycles. The fourth-order valence-electron chi connectivity index (χ4n) is 2.52. The van der Waals surface area contributed by atoms with Gasteiger partial charge >= 0.3 is 0 Å². The predicted octanol–water partition coefficient (Wildman–Crippen LogP) is 1.36. The van der Waals surface area contributed by atoms with Crippen molar-refractivity contribution in [1.29, 1.82) is 0 Å². The number of nitrogens with one attached hydrogen (secondary N) is 1. The van der Waals surface area contributed by atoms with E-state index in [-0.39, 0.29) is 5.91 Å². The minimum Gasteiger partial charge on any atom is -0.379 e. The summed E-state index contributed by atoms with van der Waals surface area (Å²) in [5, 5.41) is 3.65. The highest BCUT2D eigenvalue weighted by Gasteiger charge is 2.17. The standard InChI is InChI=1S/C16H21N5O2S/c1-12-13(24-16(20-12)14-17-4-2-5-18-14)15(22)19-6-3-7-21-8-10-23-11-9-21/h2,4-5H,3,6-11H2,1H3,(H,19,22). The van der Waals surface area contributed by atoms with E-state index in [2.05, 4.69) is 25.2 Å². The van der Waals surface area contributed by atoms with E-state index in [4.69, 9.17) is 4.74 Å². The lowest BCUT2D eigenvalue weighted by molar-refractivity contribution is 0.0374. The van der Waals surface area contributed by atoms with Crippen LogP contribution in [-0.4, -0.2) is 65.2 Å². The van der Waals surface area contributed by atoms with E-state index in [1.807, 2.05) is 6.92 Å². The first-order valence-corrected chi connectivity index (χ1v) is 8.89. The summed E-state index contributed by atoms with van der Waals surface area (Å²) in [6.07, 6.45) is 4.27. The Labute approximate surface area is 145 Å². The van der Waals surface area contributed by atoms with Crippen LogP contribution in [-0.2, 0) is 4.74 Å². The van der Waals surface area contributed by atoms with Crippen molar-refractivity contribution in [1.82, 2.24) is 25.2 Å². The highest BCUT2D eigenvalue weighted by molar-refractivity contribution is 7.17. The second-order valence-corrected chi connectivity index (χ2v) is 6.57. The highest BCUT2D eigenvalue weighted by Crippen LogP contribution is 2.24. The molecule has 8 heteroatoms. The molecule has 0 atom stereocenters. The number of thiazole rings is 1. The van der Waals surface area contributed by atoms with Crippen molar-refractivity contribution in [3.63, 3.8) is 0 Å². The van der Waals surface area contributed by atoms with Crippen LogP contribution < -0.4 is 5.32 Å². The molecule has 1 aliphatic heterocycles. The fourth-order valence-corrected chi connectivity index (χ4v) is 3.45. The lowest BCUT2D eigenvalue weighted by Gasteiger charge is -2.26. The minimum atomic E-state index is -0.0749. The molecule has 128 valence electrons. The lowest BCUT2D eigenvalue weighted by atomic mass is 10.3. The number of amides is 1. The molecule has 0 spiro atoms. The van der Waals surface area contributed by atoms with E-state index in [9.17, 15) is 4.79 Å². The van der Waals surface area contributed by atoms with Crippen LogP contribution in [0.4, 0.5) is 0 Å². The Morgan fingerprint density at radius 3 is 2.83 bits per heavy atom. The first-order valence-electron chi connectivity index (χ1n) is 8.07. The van der Waals surface area contributed by atoms with Gasteiger partial charge in [-0.2, -0.15) is 0 Å². The molecule has 1 fully saturated rings. The van der Waals surface area contributed by atoms with Crippen molar-refractivity contribution >= 4 is 17.2 Å². The maximum absolute atomic E-state index is 12.3. The molecule has 3 rings (SSSR count). The van der Waals surface area contributed by atoms with Gasteiger partial charge in [0.2, 0.25) is 0 Å². The summed E-state index contributed by atoms with van der Waals surface area (Å²) in [4.78, 5) is 28.1. The van der Waals surface area contributed by atoms with Gasteiger partial charge in [0.1, 0.15) is 4.88 Å². The van der Waals surface area contributed by atoms with Gasteiger partial charge in [-0.15, -0.1) is 11.3 Å². The molecule has 1 amide bonds. The number of hydrogen-bond donors (Lipinski definition) is 1. The molecule has 7 nitrogen and oxygen atoms in total. The summed E-state index contributed by atoms with van der Waals surface area (Å²) in [7, 11) is 0. The van der Waals surface area contributed by atoms with Crippen LogP contribution in [0.2, 0.25) is 0 Å². The monoisotopic (exact) mass is 347 g/mol. The van der Waals surface area contributed by atoms with Crippen LogP contribution in [0, 0.1) is 6.92 Å². The second-order valence-electron chi connectivity index (χ2n) is 5.57. The molecule has 1 saturated heterocycles. The topological polar surface area (TPSA) is 80.2 Å². The van der Waals surface area contributed by atoms with Crippen LogP contribution >= 0.6 is 11.3 Å². The first kappa shape index (κ1) is 16.9. The largest absolute Gasteiger partial charge is 0.379 e. The van der Waals surface area contributed by atoms with Crippen molar-refractivity contribution in [2.24, 2.45) is 0 Å². The average molecular weight is 347 g/mol. The van der Waals surface area contributed by atoms with Crippen molar-refractivity contribution in [2.45, 2.75) is 13.3 Å². The van der Waals surface area contributed by atoms with E-state index in [1.54, 1.807) is 18.5 Å². The van der Waals surface area contributed by atoms with Crippen LogP contribution in [0.25, 0.3) is 10.8 Å². The summed E-state index contributed by atoms with van der Waals surface area (Å²) in [6, 6.07) is 1.76. The Morgan fingerprint density at radius 1 is 1.33 bits per heavy atom. The number of hydrogen-bond acceptors (Lipinski definition) is 7. The fraction of sp³-hybridized carbons (Fsp3) is 0.500. The van der Waals surface area contributed by atoms with Crippen molar-refractivity contribution in [3.05, 3.63) is 29.0 Å². The molecule has 0 radical (unpaired) electrons. The third-order valence-corrected chi connectivity index (χ3v) is 4.95. The number of morpholine rings is 1. The van der Waals surface area contributed by atoms with Gasteiger partial charge in [-0.3, -0.25) is 9.69 Å². The van der Waals surface area contributed by atoms with Crippen molar-refractivity contribution in [2.75, 3.05) is 39.4 Å². The van der Waals surface area contributed by atoms with Gasteiger partial charge < -0.3 is 10.1 Å². The number of aromatic nitrogens is 3. The van der Waals surface area contributed by atoms with Gasteiger partial charge in [-0.05, 0) is 26.0 Å². The Balaban J connectivity index is 1.51. The molecular weight excluding hydrogens is 326 g/mol. The lowest BCUT2D eigenvalue weighted by Crippen LogP contribution is -2.38. The zero-order chi connectivity index (χ0) is 16.8. The van der Waals surface area contributed by atoms with E-state index in [0.717, 1.165) is 39.3 Å². The normalized spacial score (nSPS) is 15.4. The van der Waals surface area contributed by atoms with Gasteiger partial charge in [-0.1, -0.05) is 0 Å². The molecule has 2 aromatic rings. The van der Waals surface area contributed by atoms with Crippen LogP contribution in [0.1, 0.15) is 21.8 Å². The third kappa shape index (κ3) is 4.34. The van der Waals surface area contributed by atoms with Crippen LogP contribution in [0.5, 0.6) is 0 Å². The number of rotatable bonds is 6. The molecular formula is C16H21N5O2S.